The van der Waals surface area contributed by atoms with Gasteiger partial charge < -0.3 is 16.0 Å². The van der Waals surface area contributed by atoms with Crippen LogP contribution in [-0.4, -0.2) is 43.5 Å². The molecule has 112 valence electrons. The molecule has 0 aromatic heterocycles. The summed E-state index contributed by atoms with van der Waals surface area (Å²) in [5, 5.41) is 3.47. The third-order valence-corrected chi connectivity index (χ3v) is 4.57. The predicted molar refractivity (Wildman–Crippen MR) is 80.4 cm³/mol. The van der Waals surface area contributed by atoms with E-state index in [0.29, 0.717) is 17.8 Å². The third kappa shape index (κ3) is 5.28. The fourth-order valence-electron chi connectivity index (χ4n) is 3.32. The zero-order valence-electron chi connectivity index (χ0n) is 12.0. The number of piperidine rings is 1. The molecular formula is C14H28ClN3O. The number of likely N-dealkylation sites (tertiary alicyclic amines) is 1. The Morgan fingerprint density at radius 1 is 1.42 bits per heavy atom. The zero-order chi connectivity index (χ0) is 13.0. The van der Waals surface area contributed by atoms with Crippen LogP contribution in [0.4, 0.5) is 0 Å². The van der Waals surface area contributed by atoms with Gasteiger partial charge in [0.05, 0.1) is 0 Å². The first-order chi connectivity index (χ1) is 8.57. The number of carbonyl (C=O) groups excluding carboxylic acids is 1. The Hall–Kier alpha value is -0.320. The van der Waals surface area contributed by atoms with Crippen molar-refractivity contribution in [2.24, 2.45) is 17.1 Å². The van der Waals surface area contributed by atoms with E-state index in [4.69, 9.17) is 5.73 Å². The van der Waals surface area contributed by atoms with Gasteiger partial charge in [0.2, 0.25) is 5.91 Å². The average molecular weight is 290 g/mol. The summed E-state index contributed by atoms with van der Waals surface area (Å²) in [4.78, 5) is 13.4. The maximum Gasteiger partial charge on any atom is 0.217 e. The summed E-state index contributed by atoms with van der Waals surface area (Å²) in [7, 11) is 0. The van der Waals surface area contributed by atoms with Gasteiger partial charge in [-0.2, -0.15) is 0 Å². The van der Waals surface area contributed by atoms with Crippen LogP contribution in [0, 0.1) is 11.3 Å². The Balaban J connectivity index is 0.00000180. The third-order valence-electron chi connectivity index (χ3n) is 4.57. The molecule has 5 heteroatoms. The second kappa shape index (κ2) is 7.46. The molecular weight excluding hydrogens is 262 g/mol. The Kier molecular flexibility index (Phi) is 6.57. The van der Waals surface area contributed by atoms with Crippen molar-refractivity contribution in [2.75, 3.05) is 32.7 Å². The summed E-state index contributed by atoms with van der Waals surface area (Å²) in [5.74, 6) is 0.560. The maximum atomic E-state index is 10.8. The first-order valence-corrected chi connectivity index (χ1v) is 7.29. The first-order valence-electron chi connectivity index (χ1n) is 7.29. The molecule has 1 unspecified atom stereocenters. The molecule has 19 heavy (non-hydrogen) atoms. The number of amides is 1. The van der Waals surface area contributed by atoms with E-state index in [1.165, 1.54) is 45.4 Å². The van der Waals surface area contributed by atoms with Crippen molar-refractivity contribution < 1.29 is 4.79 Å². The topological polar surface area (TPSA) is 58.4 Å². The number of hydrogen-bond acceptors (Lipinski definition) is 3. The molecule has 2 heterocycles. The monoisotopic (exact) mass is 289 g/mol. The number of primary amides is 1. The van der Waals surface area contributed by atoms with E-state index < -0.39 is 0 Å². The zero-order valence-corrected chi connectivity index (χ0v) is 12.8. The van der Waals surface area contributed by atoms with Crippen LogP contribution < -0.4 is 11.1 Å². The minimum absolute atomic E-state index is 0. The van der Waals surface area contributed by atoms with Gasteiger partial charge in [-0.05, 0) is 56.7 Å². The lowest BCUT2D eigenvalue weighted by Gasteiger charge is -2.37. The largest absolute Gasteiger partial charge is 0.370 e. The highest BCUT2D eigenvalue weighted by Crippen LogP contribution is 2.29. The van der Waals surface area contributed by atoms with Crippen LogP contribution in [0.15, 0.2) is 0 Å². The second-order valence-electron chi connectivity index (χ2n) is 6.46. The van der Waals surface area contributed by atoms with Crippen LogP contribution in [0.3, 0.4) is 0 Å². The van der Waals surface area contributed by atoms with Gasteiger partial charge in [-0.15, -0.1) is 12.4 Å². The van der Waals surface area contributed by atoms with Gasteiger partial charge in [0, 0.05) is 19.5 Å². The normalized spacial score (nSPS) is 29.1. The van der Waals surface area contributed by atoms with Crippen LogP contribution in [-0.2, 0) is 4.79 Å². The van der Waals surface area contributed by atoms with Crippen molar-refractivity contribution in [3.05, 3.63) is 0 Å². The molecule has 0 aromatic carbocycles. The van der Waals surface area contributed by atoms with E-state index in [1.54, 1.807) is 0 Å². The summed E-state index contributed by atoms with van der Waals surface area (Å²) >= 11 is 0. The van der Waals surface area contributed by atoms with Crippen LogP contribution >= 0.6 is 12.4 Å². The van der Waals surface area contributed by atoms with Gasteiger partial charge in [0.15, 0.2) is 0 Å². The summed E-state index contributed by atoms with van der Waals surface area (Å²) in [6.07, 6.45) is 5.32. The van der Waals surface area contributed by atoms with E-state index in [0.717, 1.165) is 13.0 Å². The Labute approximate surface area is 122 Å². The van der Waals surface area contributed by atoms with Gasteiger partial charge in [0.25, 0.3) is 0 Å². The number of nitrogens with two attached hydrogens (primary N) is 1. The molecule has 2 saturated heterocycles. The standard InChI is InChI=1S/C14H27N3O.ClH/c1-14(6-7-16-10-14)11-17-8-4-12(5-9-17)2-3-13(15)18;/h12,16H,2-11H2,1H3,(H2,15,18);1H. The lowest BCUT2D eigenvalue weighted by Crippen LogP contribution is -2.42. The summed E-state index contributed by atoms with van der Waals surface area (Å²) < 4.78 is 0. The van der Waals surface area contributed by atoms with Crippen LogP contribution in [0.5, 0.6) is 0 Å². The molecule has 0 aliphatic carbocycles. The summed E-state index contributed by atoms with van der Waals surface area (Å²) in [6, 6.07) is 0. The molecule has 0 spiro atoms. The molecule has 2 rings (SSSR count). The Morgan fingerprint density at radius 3 is 2.63 bits per heavy atom. The number of hydrogen-bond donors (Lipinski definition) is 2. The van der Waals surface area contributed by atoms with Crippen molar-refractivity contribution >= 4 is 18.3 Å². The lowest BCUT2D eigenvalue weighted by atomic mass is 9.86. The van der Waals surface area contributed by atoms with Gasteiger partial charge in [-0.3, -0.25) is 4.79 Å². The fraction of sp³-hybridized carbons (Fsp3) is 0.929. The molecule has 1 atom stereocenters. The van der Waals surface area contributed by atoms with Gasteiger partial charge >= 0.3 is 0 Å². The molecule has 2 aliphatic rings. The van der Waals surface area contributed by atoms with E-state index >= 15 is 0 Å². The van der Waals surface area contributed by atoms with Crippen molar-refractivity contribution in [3.63, 3.8) is 0 Å². The van der Waals surface area contributed by atoms with Crippen LogP contribution in [0.2, 0.25) is 0 Å². The molecule has 0 saturated carbocycles. The van der Waals surface area contributed by atoms with Crippen LogP contribution in [0.25, 0.3) is 0 Å². The van der Waals surface area contributed by atoms with E-state index in [9.17, 15) is 4.79 Å². The highest BCUT2D eigenvalue weighted by atomic mass is 35.5. The van der Waals surface area contributed by atoms with Gasteiger partial charge in [-0.1, -0.05) is 6.92 Å². The van der Waals surface area contributed by atoms with Crippen molar-refractivity contribution in [1.29, 1.82) is 0 Å². The fourth-order valence-corrected chi connectivity index (χ4v) is 3.32. The van der Waals surface area contributed by atoms with E-state index in [2.05, 4.69) is 17.1 Å². The highest BCUT2D eigenvalue weighted by molar-refractivity contribution is 5.85. The molecule has 0 bridgehead atoms. The molecule has 0 aromatic rings. The number of rotatable bonds is 5. The van der Waals surface area contributed by atoms with Gasteiger partial charge in [-0.25, -0.2) is 0 Å². The van der Waals surface area contributed by atoms with E-state index in [-0.39, 0.29) is 18.3 Å². The minimum Gasteiger partial charge on any atom is -0.370 e. The number of carbonyl (C=O) groups is 1. The smallest absolute Gasteiger partial charge is 0.217 e. The lowest BCUT2D eigenvalue weighted by molar-refractivity contribution is -0.118. The van der Waals surface area contributed by atoms with E-state index in [1.807, 2.05) is 0 Å². The Morgan fingerprint density at radius 2 is 2.11 bits per heavy atom. The molecule has 2 fully saturated rings. The minimum atomic E-state index is -0.151. The maximum absolute atomic E-state index is 10.8. The van der Waals surface area contributed by atoms with Gasteiger partial charge in [0.1, 0.15) is 0 Å². The molecule has 3 N–H and O–H groups in total. The number of nitrogens with one attached hydrogen (secondary N) is 1. The van der Waals surface area contributed by atoms with Crippen molar-refractivity contribution in [2.45, 2.75) is 39.0 Å². The SMILES string of the molecule is CC1(CN2CCC(CCC(N)=O)CC2)CCNC1.Cl. The molecule has 2 aliphatic heterocycles. The summed E-state index contributed by atoms with van der Waals surface area (Å²) in [6.45, 7) is 8.34. The summed E-state index contributed by atoms with van der Waals surface area (Å²) in [5.41, 5.74) is 5.68. The average Bonchev–Trinajstić information content (AvgIpc) is 2.75. The van der Waals surface area contributed by atoms with Crippen molar-refractivity contribution in [1.82, 2.24) is 10.2 Å². The van der Waals surface area contributed by atoms with Crippen LogP contribution in [0.1, 0.15) is 39.0 Å². The van der Waals surface area contributed by atoms with Crippen molar-refractivity contribution in [3.8, 4) is 0 Å². The molecule has 0 radical (unpaired) electrons. The second-order valence-corrected chi connectivity index (χ2v) is 6.46. The highest BCUT2D eigenvalue weighted by Gasteiger charge is 2.31. The number of halogens is 1. The Bertz CT molecular complexity index is 284. The number of nitrogens with zero attached hydrogens (tertiary/aromatic N) is 1. The quantitative estimate of drug-likeness (QED) is 0.804. The molecule has 1 amide bonds. The molecule has 4 nitrogen and oxygen atoms in total. The first kappa shape index (κ1) is 16.7. The predicted octanol–water partition coefficient (Wildman–Crippen LogP) is 1.39.